The zero-order chi connectivity index (χ0) is 24.8. The molecule has 5 heteroatoms. The molecule has 1 aromatic heterocycles. The lowest BCUT2D eigenvalue weighted by Gasteiger charge is -2.34. The van der Waals surface area contributed by atoms with Crippen LogP contribution in [0, 0.1) is 0 Å². The van der Waals surface area contributed by atoms with E-state index in [4.69, 9.17) is 0 Å². The quantitative estimate of drug-likeness (QED) is 0.400. The standard InChI is InChI=1S/C28H34O4S/c1-17(25(30)31)22-13-14-23(33-22)28(32,18-11-9-8-10-12-18)19-15-20(26(2,3)4)24(29)21(16-19)27(5,6)7/h8-17,29,32H,1-7H3,(H,30,31). The van der Waals surface area contributed by atoms with E-state index in [1.165, 1.54) is 11.3 Å². The van der Waals surface area contributed by atoms with E-state index >= 15 is 0 Å². The average Bonchev–Trinajstić information content (AvgIpc) is 3.22. The third kappa shape index (κ3) is 4.71. The van der Waals surface area contributed by atoms with E-state index in [2.05, 4.69) is 0 Å². The van der Waals surface area contributed by atoms with Gasteiger partial charge in [-0.25, -0.2) is 0 Å². The SMILES string of the molecule is CC(C(=O)O)c1ccc(C(O)(c2ccccc2)c2cc(C(C)(C)C)c(O)c(C(C)(C)C)c2)s1. The molecule has 1 heterocycles. The normalized spacial score (nSPS) is 15.2. The summed E-state index contributed by atoms with van der Waals surface area (Å²) < 4.78 is 0. The molecule has 2 unspecified atom stereocenters. The van der Waals surface area contributed by atoms with Crippen molar-refractivity contribution in [2.45, 2.75) is 70.8 Å². The van der Waals surface area contributed by atoms with Crippen molar-refractivity contribution >= 4 is 17.3 Å². The molecule has 0 saturated carbocycles. The monoisotopic (exact) mass is 466 g/mol. The van der Waals surface area contributed by atoms with Crippen LogP contribution in [0.2, 0.25) is 0 Å². The van der Waals surface area contributed by atoms with Gasteiger partial charge in [-0.15, -0.1) is 11.3 Å². The second-order valence-corrected chi connectivity index (χ2v) is 11.9. The number of rotatable bonds is 5. The number of aliphatic hydroxyl groups is 1. The Hall–Kier alpha value is -2.63. The summed E-state index contributed by atoms with van der Waals surface area (Å²) in [5, 5.41) is 33.1. The van der Waals surface area contributed by atoms with Crippen LogP contribution in [-0.4, -0.2) is 21.3 Å². The van der Waals surface area contributed by atoms with Crippen LogP contribution in [0.4, 0.5) is 0 Å². The Morgan fingerprint density at radius 1 is 0.848 bits per heavy atom. The van der Waals surface area contributed by atoms with Crippen molar-refractivity contribution in [3.63, 3.8) is 0 Å². The van der Waals surface area contributed by atoms with Gasteiger partial charge in [-0.05, 0) is 64.3 Å². The molecule has 2 atom stereocenters. The Morgan fingerprint density at radius 3 is 1.82 bits per heavy atom. The van der Waals surface area contributed by atoms with E-state index in [1.807, 2.05) is 90.1 Å². The number of aromatic hydroxyl groups is 1. The van der Waals surface area contributed by atoms with Gasteiger partial charge in [0.25, 0.3) is 0 Å². The summed E-state index contributed by atoms with van der Waals surface area (Å²) in [7, 11) is 0. The molecule has 0 aliphatic carbocycles. The van der Waals surface area contributed by atoms with Crippen LogP contribution in [0.5, 0.6) is 5.75 Å². The van der Waals surface area contributed by atoms with Gasteiger partial charge in [0.2, 0.25) is 0 Å². The topological polar surface area (TPSA) is 77.8 Å². The van der Waals surface area contributed by atoms with Crippen LogP contribution in [0.15, 0.2) is 54.6 Å². The van der Waals surface area contributed by atoms with E-state index in [9.17, 15) is 20.1 Å². The summed E-state index contributed by atoms with van der Waals surface area (Å²) in [6.07, 6.45) is 0. The second-order valence-electron chi connectivity index (χ2n) is 10.8. The molecule has 0 fully saturated rings. The van der Waals surface area contributed by atoms with Gasteiger partial charge in [0.05, 0.1) is 5.92 Å². The Kier molecular flexibility index (Phi) is 6.53. The summed E-state index contributed by atoms with van der Waals surface area (Å²) in [5.74, 6) is -1.32. The number of thiophene rings is 1. The number of benzene rings is 2. The van der Waals surface area contributed by atoms with Gasteiger partial charge >= 0.3 is 5.97 Å². The number of phenols is 1. The molecule has 3 aromatic rings. The minimum Gasteiger partial charge on any atom is -0.507 e. The number of carbonyl (C=O) groups is 1. The zero-order valence-corrected chi connectivity index (χ0v) is 21.2. The molecular formula is C28H34O4S. The third-order valence-corrected chi connectivity index (χ3v) is 7.49. The molecule has 3 N–H and O–H groups in total. The van der Waals surface area contributed by atoms with Gasteiger partial charge in [0.1, 0.15) is 11.4 Å². The van der Waals surface area contributed by atoms with Crippen molar-refractivity contribution in [3.8, 4) is 5.75 Å². The Morgan fingerprint density at radius 2 is 1.36 bits per heavy atom. The number of aliphatic carboxylic acids is 1. The molecule has 0 radical (unpaired) electrons. The number of carboxylic acids is 1. The second kappa shape index (κ2) is 8.62. The van der Waals surface area contributed by atoms with E-state index in [1.54, 1.807) is 13.0 Å². The van der Waals surface area contributed by atoms with Gasteiger partial charge in [-0.3, -0.25) is 4.79 Å². The fourth-order valence-electron chi connectivity index (χ4n) is 4.02. The van der Waals surface area contributed by atoms with Crippen LogP contribution < -0.4 is 0 Å². The van der Waals surface area contributed by atoms with Crippen LogP contribution in [0.3, 0.4) is 0 Å². The maximum Gasteiger partial charge on any atom is 0.311 e. The first-order valence-corrected chi connectivity index (χ1v) is 12.0. The Bertz CT molecular complexity index is 1110. The molecule has 0 spiro atoms. The van der Waals surface area contributed by atoms with E-state index < -0.39 is 17.5 Å². The molecule has 4 nitrogen and oxygen atoms in total. The number of phenolic OH excluding ortho intramolecular Hbond substituents is 1. The van der Waals surface area contributed by atoms with Crippen molar-refractivity contribution in [1.29, 1.82) is 0 Å². The first kappa shape index (κ1) is 25.0. The highest BCUT2D eigenvalue weighted by Gasteiger charge is 2.39. The van der Waals surface area contributed by atoms with Crippen LogP contribution in [-0.2, 0) is 21.2 Å². The Labute approximate surface area is 200 Å². The zero-order valence-electron chi connectivity index (χ0n) is 20.4. The highest BCUT2D eigenvalue weighted by atomic mass is 32.1. The molecular weight excluding hydrogens is 432 g/mol. The first-order valence-electron chi connectivity index (χ1n) is 11.2. The molecule has 0 aliphatic heterocycles. The predicted octanol–water partition coefficient (Wildman–Crippen LogP) is 6.52. The maximum absolute atomic E-state index is 12.4. The molecule has 0 saturated heterocycles. The number of carboxylic acid groups (broad SMARTS) is 1. The van der Waals surface area contributed by atoms with Crippen molar-refractivity contribution in [3.05, 3.63) is 86.6 Å². The maximum atomic E-state index is 12.4. The van der Waals surface area contributed by atoms with Crippen LogP contribution >= 0.6 is 11.3 Å². The molecule has 176 valence electrons. The summed E-state index contributed by atoms with van der Waals surface area (Å²) in [4.78, 5) is 12.9. The molecule has 0 amide bonds. The first-order chi connectivity index (χ1) is 15.2. The molecule has 2 aromatic carbocycles. The average molecular weight is 467 g/mol. The summed E-state index contributed by atoms with van der Waals surface area (Å²) in [6.45, 7) is 13.9. The predicted molar refractivity (Wildman–Crippen MR) is 134 cm³/mol. The lowest BCUT2D eigenvalue weighted by atomic mass is 9.74. The largest absolute Gasteiger partial charge is 0.507 e. The van der Waals surface area contributed by atoms with Crippen molar-refractivity contribution < 1.29 is 20.1 Å². The van der Waals surface area contributed by atoms with Gasteiger partial charge in [0, 0.05) is 9.75 Å². The molecule has 3 rings (SSSR count). The molecule has 0 aliphatic rings. The van der Waals surface area contributed by atoms with Gasteiger partial charge in [0.15, 0.2) is 0 Å². The van der Waals surface area contributed by atoms with E-state index in [0.717, 1.165) is 11.1 Å². The minimum atomic E-state index is -1.50. The number of hydrogen-bond donors (Lipinski definition) is 3. The highest BCUT2D eigenvalue weighted by molar-refractivity contribution is 7.12. The van der Waals surface area contributed by atoms with Crippen LogP contribution in [0.1, 0.15) is 86.4 Å². The third-order valence-electron chi connectivity index (χ3n) is 6.12. The van der Waals surface area contributed by atoms with Crippen LogP contribution in [0.25, 0.3) is 0 Å². The van der Waals surface area contributed by atoms with E-state index in [-0.39, 0.29) is 16.6 Å². The van der Waals surface area contributed by atoms with Gasteiger partial charge in [-0.2, -0.15) is 0 Å². The lowest BCUT2D eigenvalue weighted by molar-refractivity contribution is -0.138. The summed E-state index contributed by atoms with van der Waals surface area (Å²) in [6, 6.07) is 16.8. The van der Waals surface area contributed by atoms with Crippen molar-refractivity contribution in [2.75, 3.05) is 0 Å². The summed E-state index contributed by atoms with van der Waals surface area (Å²) in [5.41, 5.74) is 0.650. The molecule has 0 bridgehead atoms. The summed E-state index contributed by atoms with van der Waals surface area (Å²) >= 11 is 1.30. The van der Waals surface area contributed by atoms with Gasteiger partial charge in [-0.1, -0.05) is 71.9 Å². The minimum absolute atomic E-state index is 0.250. The lowest BCUT2D eigenvalue weighted by Crippen LogP contribution is -2.29. The van der Waals surface area contributed by atoms with Crippen molar-refractivity contribution in [1.82, 2.24) is 0 Å². The highest BCUT2D eigenvalue weighted by Crippen LogP contribution is 2.47. The smallest absolute Gasteiger partial charge is 0.311 e. The molecule has 33 heavy (non-hydrogen) atoms. The van der Waals surface area contributed by atoms with Gasteiger partial charge < -0.3 is 15.3 Å². The fraction of sp³-hybridized carbons (Fsp3) is 0.393. The number of hydrogen-bond acceptors (Lipinski definition) is 4. The van der Waals surface area contributed by atoms with E-state index in [0.29, 0.717) is 20.9 Å². The van der Waals surface area contributed by atoms with Crippen molar-refractivity contribution in [2.24, 2.45) is 0 Å². The fourth-order valence-corrected chi connectivity index (χ4v) is 5.21. The Balaban J connectivity index is 2.37.